The highest BCUT2D eigenvalue weighted by molar-refractivity contribution is 5.50. The highest BCUT2D eigenvalue weighted by Gasteiger charge is 2.32. The van der Waals surface area contributed by atoms with Gasteiger partial charge in [0.05, 0.1) is 5.69 Å². The van der Waals surface area contributed by atoms with Gasteiger partial charge in [0.15, 0.2) is 0 Å². The van der Waals surface area contributed by atoms with Crippen LogP contribution in [0.3, 0.4) is 0 Å². The Bertz CT molecular complexity index is 469. The Kier molecular flexibility index (Phi) is 4.50. The Morgan fingerprint density at radius 2 is 1.90 bits per heavy atom. The molecule has 3 rings (SSSR count). The molecule has 2 fully saturated rings. The van der Waals surface area contributed by atoms with Crippen LogP contribution < -0.4 is 10.2 Å². The van der Waals surface area contributed by atoms with Gasteiger partial charge in [-0.05, 0) is 32.7 Å². The maximum atomic E-state index is 4.65. The van der Waals surface area contributed by atoms with Crippen LogP contribution in [0.2, 0.25) is 0 Å². The lowest BCUT2D eigenvalue weighted by atomic mass is 10.2. The molecule has 1 N–H and O–H groups in total. The summed E-state index contributed by atoms with van der Waals surface area (Å²) in [6.07, 6.45) is 4.00. The predicted molar refractivity (Wildman–Crippen MR) is 86.8 cm³/mol. The highest BCUT2D eigenvalue weighted by atomic mass is 15.4. The van der Waals surface area contributed by atoms with E-state index in [-0.39, 0.29) is 0 Å². The third-order valence-electron chi connectivity index (χ3n) is 4.72. The van der Waals surface area contributed by atoms with Crippen LogP contribution >= 0.6 is 0 Å². The van der Waals surface area contributed by atoms with E-state index in [2.05, 4.69) is 45.8 Å². The fraction of sp³-hybridized carbons (Fsp3) is 0.812. The molecule has 0 amide bonds. The minimum absolute atomic E-state index is 0.895. The van der Waals surface area contributed by atoms with Crippen LogP contribution in [0.1, 0.15) is 37.4 Å². The average molecular weight is 291 g/mol. The van der Waals surface area contributed by atoms with Crippen LogP contribution in [0.25, 0.3) is 0 Å². The Morgan fingerprint density at radius 1 is 1.19 bits per heavy atom. The normalized spacial score (nSPS) is 20.2. The molecule has 21 heavy (non-hydrogen) atoms. The van der Waals surface area contributed by atoms with Gasteiger partial charge in [0.2, 0.25) is 0 Å². The molecule has 0 unspecified atom stereocenters. The molecule has 1 saturated carbocycles. The Balaban J connectivity index is 1.68. The lowest BCUT2D eigenvalue weighted by Gasteiger charge is -2.36. The second-order valence-electron chi connectivity index (χ2n) is 6.44. The fourth-order valence-corrected chi connectivity index (χ4v) is 3.42. The quantitative estimate of drug-likeness (QED) is 0.806. The Labute approximate surface area is 128 Å². The van der Waals surface area contributed by atoms with E-state index in [0.717, 1.165) is 32.2 Å². The predicted octanol–water partition coefficient (Wildman–Crippen LogP) is 1.51. The van der Waals surface area contributed by atoms with Crippen LogP contribution in [0.5, 0.6) is 0 Å². The Hall–Kier alpha value is -1.07. The van der Waals surface area contributed by atoms with Crippen LogP contribution in [-0.4, -0.2) is 53.4 Å². The molecule has 1 aromatic heterocycles. The summed E-state index contributed by atoms with van der Waals surface area (Å²) in [6, 6.07) is 0.895. The molecule has 2 heterocycles. The van der Waals surface area contributed by atoms with E-state index in [1.807, 2.05) is 0 Å². The fourth-order valence-electron chi connectivity index (χ4n) is 3.42. The first-order valence-corrected chi connectivity index (χ1v) is 8.43. The number of anilines is 1. The van der Waals surface area contributed by atoms with Gasteiger partial charge in [-0.25, -0.2) is 0 Å². The van der Waals surface area contributed by atoms with Gasteiger partial charge in [-0.2, -0.15) is 5.10 Å². The average Bonchev–Trinajstić information content (AvgIpc) is 3.27. The zero-order chi connectivity index (χ0) is 14.8. The third-order valence-corrected chi connectivity index (χ3v) is 4.72. The van der Waals surface area contributed by atoms with Gasteiger partial charge in [0.1, 0.15) is 5.82 Å². The molecule has 1 aliphatic heterocycles. The van der Waals surface area contributed by atoms with Crippen molar-refractivity contribution in [3.05, 3.63) is 11.3 Å². The summed E-state index contributed by atoms with van der Waals surface area (Å²) < 4.78 is 2.07. The van der Waals surface area contributed by atoms with E-state index < -0.39 is 0 Å². The molecule has 0 atom stereocenters. The second-order valence-corrected chi connectivity index (χ2v) is 6.44. The first-order valence-electron chi connectivity index (χ1n) is 8.43. The van der Waals surface area contributed by atoms with Gasteiger partial charge in [-0.15, -0.1) is 0 Å². The van der Waals surface area contributed by atoms with Crippen LogP contribution in [0.15, 0.2) is 0 Å². The summed E-state index contributed by atoms with van der Waals surface area (Å²) in [5.74, 6) is 1.33. The summed E-state index contributed by atoms with van der Waals surface area (Å²) in [5, 5.41) is 8.18. The van der Waals surface area contributed by atoms with E-state index in [1.54, 1.807) is 0 Å². The first kappa shape index (κ1) is 14.9. The molecule has 1 aliphatic carbocycles. The molecule has 5 heteroatoms. The van der Waals surface area contributed by atoms with Gasteiger partial charge in [0.25, 0.3) is 0 Å². The molecule has 118 valence electrons. The number of rotatable bonds is 6. The topological polar surface area (TPSA) is 36.3 Å². The van der Waals surface area contributed by atoms with Crippen LogP contribution in [0, 0.1) is 6.92 Å². The largest absolute Gasteiger partial charge is 0.354 e. The van der Waals surface area contributed by atoms with Gasteiger partial charge < -0.3 is 10.2 Å². The van der Waals surface area contributed by atoms with Crippen LogP contribution in [0.4, 0.5) is 5.82 Å². The lowest BCUT2D eigenvalue weighted by Crippen LogP contribution is -2.48. The zero-order valence-corrected chi connectivity index (χ0v) is 13.7. The first-order chi connectivity index (χ1) is 10.2. The van der Waals surface area contributed by atoms with Crippen molar-refractivity contribution in [3.63, 3.8) is 0 Å². The number of hydrogen-bond donors (Lipinski definition) is 1. The number of aryl methyl sites for hydroxylation is 2. The third kappa shape index (κ3) is 3.24. The molecule has 1 aromatic rings. The van der Waals surface area contributed by atoms with E-state index in [9.17, 15) is 0 Å². The van der Waals surface area contributed by atoms with E-state index in [4.69, 9.17) is 0 Å². The van der Waals surface area contributed by atoms with Crippen molar-refractivity contribution in [1.29, 1.82) is 0 Å². The van der Waals surface area contributed by atoms with E-state index in [1.165, 1.54) is 49.4 Å². The molecular weight excluding hydrogens is 262 g/mol. The number of aromatic nitrogens is 2. The van der Waals surface area contributed by atoms with E-state index in [0.29, 0.717) is 0 Å². The van der Waals surface area contributed by atoms with Gasteiger partial charge in [0, 0.05) is 51.4 Å². The van der Waals surface area contributed by atoms with Gasteiger partial charge in [-0.3, -0.25) is 9.58 Å². The van der Waals surface area contributed by atoms with Crippen molar-refractivity contribution in [2.45, 2.75) is 45.7 Å². The second kappa shape index (κ2) is 6.36. The SMILES string of the molecule is CCCNCc1c(C)nn(C)c1N1CCN(C2CC2)CC1. The summed E-state index contributed by atoms with van der Waals surface area (Å²) >= 11 is 0. The molecule has 5 nitrogen and oxygen atoms in total. The standard InChI is InChI=1S/C16H29N5/c1-4-7-17-12-15-13(2)18-19(3)16(15)21-10-8-20(9-11-21)14-5-6-14/h14,17H,4-12H2,1-3H3. The number of nitrogens with zero attached hydrogens (tertiary/aromatic N) is 4. The van der Waals surface area contributed by atoms with Gasteiger partial charge >= 0.3 is 0 Å². The summed E-state index contributed by atoms with van der Waals surface area (Å²) in [6.45, 7) is 11.0. The lowest BCUT2D eigenvalue weighted by molar-refractivity contribution is 0.247. The number of nitrogens with one attached hydrogen (secondary N) is 1. The van der Waals surface area contributed by atoms with Crippen molar-refractivity contribution < 1.29 is 0 Å². The Morgan fingerprint density at radius 3 is 2.52 bits per heavy atom. The molecule has 0 spiro atoms. The van der Waals surface area contributed by atoms with Gasteiger partial charge in [-0.1, -0.05) is 6.92 Å². The van der Waals surface area contributed by atoms with Crippen molar-refractivity contribution in [2.75, 3.05) is 37.6 Å². The molecular formula is C16H29N5. The monoisotopic (exact) mass is 291 g/mol. The highest BCUT2D eigenvalue weighted by Crippen LogP contribution is 2.30. The zero-order valence-electron chi connectivity index (χ0n) is 13.7. The summed E-state index contributed by atoms with van der Waals surface area (Å²) in [4.78, 5) is 5.19. The summed E-state index contributed by atoms with van der Waals surface area (Å²) in [7, 11) is 2.08. The van der Waals surface area contributed by atoms with E-state index >= 15 is 0 Å². The maximum Gasteiger partial charge on any atom is 0.131 e. The molecule has 0 aromatic carbocycles. The molecule has 1 saturated heterocycles. The molecule has 2 aliphatic rings. The van der Waals surface area contributed by atoms with Crippen molar-refractivity contribution in [3.8, 4) is 0 Å². The van der Waals surface area contributed by atoms with Crippen molar-refractivity contribution in [1.82, 2.24) is 20.0 Å². The number of piperazine rings is 1. The number of hydrogen-bond acceptors (Lipinski definition) is 4. The minimum Gasteiger partial charge on any atom is -0.354 e. The molecule has 0 bridgehead atoms. The minimum atomic E-state index is 0.895. The van der Waals surface area contributed by atoms with Crippen LogP contribution in [-0.2, 0) is 13.6 Å². The maximum absolute atomic E-state index is 4.65. The molecule has 0 radical (unpaired) electrons. The van der Waals surface area contributed by atoms with Crippen molar-refractivity contribution >= 4 is 5.82 Å². The smallest absolute Gasteiger partial charge is 0.131 e. The van der Waals surface area contributed by atoms with Crippen molar-refractivity contribution in [2.24, 2.45) is 7.05 Å². The summed E-state index contributed by atoms with van der Waals surface area (Å²) in [5.41, 5.74) is 2.55.